The first-order valence-corrected chi connectivity index (χ1v) is 8.47. The minimum absolute atomic E-state index is 0.757. The van der Waals surface area contributed by atoms with Gasteiger partial charge < -0.3 is 5.32 Å². The number of fused-ring (bicyclic) bond motifs is 1. The van der Waals surface area contributed by atoms with Crippen LogP contribution in [0, 0.1) is 6.92 Å². The lowest BCUT2D eigenvalue weighted by atomic mass is 10.1. The van der Waals surface area contributed by atoms with Gasteiger partial charge in [0.25, 0.3) is 0 Å². The van der Waals surface area contributed by atoms with E-state index in [-0.39, 0.29) is 0 Å². The van der Waals surface area contributed by atoms with Gasteiger partial charge in [0, 0.05) is 28.9 Å². The molecule has 0 aliphatic rings. The zero-order chi connectivity index (χ0) is 17.8. The summed E-state index contributed by atoms with van der Waals surface area (Å²) in [5.74, 6) is 0.757. The van der Waals surface area contributed by atoms with E-state index in [9.17, 15) is 0 Å². The lowest BCUT2D eigenvalue weighted by molar-refractivity contribution is 1.04. The molecule has 0 unspecified atom stereocenters. The third-order valence-corrected chi connectivity index (χ3v) is 4.14. The second-order valence-electron chi connectivity index (χ2n) is 6.09. The fourth-order valence-corrected chi connectivity index (χ4v) is 2.85. The molecule has 0 aliphatic heterocycles. The van der Waals surface area contributed by atoms with E-state index in [0.717, 1.165) is 33.5 Å². The zero-order valence-corrected chi connectivity index (χ0v) is 14.4. The van der Waals surface area contributed by atoms with Gasteiger partial charge in [-0.1, -0.05) is 42.5 Å². The number of hydrogen-bond acceptors (Lipinski definition) is 4. The van der Waals surface area contributed by atoms with Crippen molar-refractivity contribution in [3.63, 3.8) is 0 Å². The molecule has 0 bridgehead atoms. The number of rotatable bonds is 4. The highest BCUT2D eigenvalue weighted by molar-refractivity contribution is 5.98. The van der Waals surface area contributed by atoms with Crippen LogP contribution >= 0.6 is 0 Å². The highest BCUT2D eigenvalue weighted by Crippen LogP contribution is 2.26. The van der Waals surface area contributed by atoms with Crippen LogP contribution in [0.2, 0.25) is 0 Å². The summed E-state index contributed by atoms with van der Waals surface area (Å²) >= 11 is 0. The third kappa shape index (κ3) is 3.44. The van der Waals surface area contributed by atoms with Crippen molar-refractivity contribution in [1.82, 2.24) is 15.2 Å². The Morgan fingerprint density at radius 1 is 0.808 bits per heavy atom. The molecule has 4 aromatic rings. The van der Waals surface area contributed by atoms with Crippen LogP contribution in [0.25, 0.3) is 22.9 Å². The first-order chi connectivity index (χ1) is 12.8. The van der Waals surface area contributed by atoms with Crippen LogP contribution < -0.4 is 5.32 Å². The van der Waals surface area contributed by atoms with E-state index in [2.05, 4.69) is 51.7 Å². The lowest BCUT2D eigenvalue weighted by Crippen LogP contribution is -1.99. The minimum atomic E-state index is 0.757. The summed E-state index contributed by atoms with van der Waals surface area (Å²) in [6.07, 6.45) is 7.56. The van der Waals surface area contributed by atoms with E-state index in [0.29, 0.717) is 0 Å². The summed E-state index contributed by atoms with van der Waals surface area (Å²) < 4.78 is 0. The van der Waals surface area contributed by atoms with Gasteiger partial charge in [0.1, 0.15) is 0 Å². The minimum Gasteiger partial charge on any atom is -0.338 e. The maximum atomic E-state index is 4.43. The molecule has 2 aromatic carbocycles. The summed E-state index contributed by atoms with van der Waals surface area (Å²) in [5.41, 5.74) is 4.12. The van der Waals surface area contributed by atoms with Crippen molar-refractivity contribution in [3.8, 4) is 0 Å². The molecule has 1 N–H and O–H groups in total. The highest BCUT2D eigenvalue weighted by atomic mass is 15.2. The van der Waals surface area contributed by atoms with Gasteiger partial charge in [-0.05, 0) is 48.4 Å². The van der Waals surface area contributed by atoms with E-state index in [1.807, 2.05) is 48.6 Å². The Morgan fingerprint density at radius 3 is 2.42 bits per heavy atom. The average Bonchev–Trinajstić information content (AvgIpc) is 2.68. The summed E-state index contributed by atoms with van der Waals surface area (Å²) in [6, 6.07) is 20.3. The Kier molecular flexibility index (Phi) is 4.39. The fourth-order valence-electron chi connectivity index (χ4n) is 2.85. The Morgan fingerprint density at radius 2 is 1.62 bits per heavy atom. The van der Waals surface area contributed by atoms with Crippen LogP contribution in [0.5, 0.6) is 0 Å². The van der Waals surface area contributed by atoms with Crippen LogP contribution in [0.15, 0.2) is 73.1 Å². The molecule has 4 heteroatoms. The first kappa shape index (κ1) is 16.0. The van der Waals surface area contributed by atoms with Crippen LogP contribution in [-0.2, 0) is 0 Å². The van der Waals surface area contributed by atoms with Gasteiger partial charge in [-0.2, -0.15) is 0 Å². The summed E-state index contributed by atoms with van der Waals surface area (Å²) in [5, 5.41) is 14.3. The van der Waals surface area contributed by atoms with Crippen LogP contribution in [0.1, 0.15) is 16.8 Å². The predicted octanol–water partition coefficient (Wildman–Crippen LogP) is 5.25. The highest BCUT2D eigenvalue weighted by Gasteiger charge is 2.07. The smallest absolute Gasteiger partial charge is 0.161 e. The first-order valence-electron chi connectivity index (χ1n) is 8.47. The molecular formula is C22H18N4. The standard InChI is InChI=1S/C22H18N4/c1-16-5-4-6-18(15-16)24-22-20-8-3-2-7-19(20)21(25-26-22)10-9-17-11-13-23-14-12-17/h2-15H,1H3,(H,24,26)/b10-9+. The van der Waals surface area contributed by atoms with Gasteiger partial charge in [-0.15, -0.1) is 10.2 Å². The molecule has 0 aliphatic carbocycles. The Bertz CT molecular complexity index is 1070. The Labute approximate surface area is 152 Å². The normalized spacial score (nSPS) is 11.1. The SMILES string of the molecule is Cc1cccc(Nc2nnc(/C=C/c3ccncc3)c3ccccc23)c1. The number of anilines is 2. The van der Waals surface area contributed by atoms with Gasteiger partial charge in [-0.3, -0.25) is 4.98 Å². The largest absolute Gasteiger partial charge is 0.338 e. The molecule has 0 atom stereocenters. The van der Waals surface area contributed by atoms with E-state index in [4.69, 9.17) is 0 Å². The van der Waals surface area contributed by atoms with E-state index in [1.54, 1.807) is 12.4 Å². The topological polar surface area (TPSA) is 50.7 Å². The number of benzene rings is 2. The van der Waals surface area contributed by atoms with Crippen molar-refractivity contribution in [1.29, 1.82) is 0 Å². The molecule has 0 spiro atoms. The number of hydrogen-bond donors (Lipinski definition) is 1. The third-order valence-electron chi connectivity index (χ3n) is 4.14. The summed E-state index contributed by atoms with van der Waals surface area (Å²) in [4.78, 5) is 4.04. The average molecular weight is 338 g/mol. The number of aryl methyl sites for hydroxylation is 1. The van der Waals surface area contributed by atoms with Gasteiger partial charge in [0.2, 0.25) is 0 Å². The van der Waals surface area contributed by atoms with E-state index < -0.39 is 0 Å². The molecule has 0 saturated heterocycles. The number of aromatic nitrogens is 3. The van der Waals surface area contributed by atoms with Crippen molar-refractivity contribution >= 4 is 34.4 Å². The van der Waals surface area contributed by atoms with Crippen molar-refractivity contribution in [2.75, 3.05) is 5.32 Å². The van der Waals surface area contributed by atoms with Crippen molar-refractivity contribution < 1.29 is 0 Å². The maximum absolute atomic E-state index is 4.43. The van der Waals surface area contributed by atoms with E-state index in [1.165, 1.54) is 5.56 Å². The van der Waals surface area contributed by atoms with Gasteiger partial charge in [0.05, 0.1) is 5.69 Å². The zero-order valence-electron chi connectivity index (χ0n) is 14.4. The van der Waals surface area contributed by atoms with Crippen molar-refractivity contribution in [2.45, 2.75) is 6.92 Å². The number of pyridine rings is 1. The molecule has 0 saturated carbocycles. The molecule has 126 valence electrons. The van der Waals surface area contributed by atoms with Gasteiger partial charge in [0.15, 0.2) is 5.82 Å². The van der Waals surface area contributed by atoms with Crippen molar-refractivity contribution in [2.24, 2.45) is 0 Å². The van der Waals surface area contributed by atoms with Gasteiger partial charge in [-0.25, -0.2) is 0 Å². The second-order valence-corrected chi connectivity index (χ2v) is 6.09. The molecule has 0 amide bonds. The van der Waals surface area contributed by atoms with Crippen molar-refractivity contribution in [3.05, 3.63) is 89.9 Å². The molecular weight excluding hydrogens is 320 g/mol. The van der Waals surface area contributed by atoms with Gasteiger partial charge >= 0.3 is 0 Å². The molecule has 4 rings (SSSR count). The molecule has 2 aromatic heterocycles. The molecule has 0 fully saturated rings. The monoisotopic (exact) mass is 338 g/mol. The maximum Gasteiger partial charge on any atom is 0.161 e. The second kappa shape index (κ2) is 7.15. The molecule has 2 heterocycles. The predicted molar refractivity (Wildman–Crippen MR) is 107 cm³/mol. The molecule has 0 radical (unpaired) electrons. The Hall–Kier alpha value is -3.53. The molecule has 26 heavy (non-hydrogen) atoms. The number of nitrogens with one attached hydrogen (secondary N) is 1. The summed E-state index contributed by atoms with van der Waals surface area (Å²) in [7, 11) is 0. The summed E-state index contributed by atoms with van der Waals surface area (Å²) in [6.45, 7) is 2.07. The van der Waals surface area contributed by atoms with Crippen LogP contribution in [0.3, 0.4) is 0 Å². The number of nitrogens with zero attached hydrogens (tertiary/aromatic N) is 3. The van der Waals surface area contributed by atoms with E-state index >= 15 is 0 Å². The quantitative estimate of drug-likeness (QED) is 0.552. The Balaban J connectivity index is 1.72. The molecule has 4 nitrogen and oxygen atoms in total. The lowest BCUT2D eigenvalue weighted by Gasteiger charge is -2.10. The van der Waals surface area contributed by atoms with Crippen LogP contribution in [0.4, 0.5) is 11.5 Å². The fraction of sp³-hybridized carbons (Fsp3) is 0.0455. The van der Waals surface area contributed by atoms with Crippen LogP contribution in [-0.4, -0.2) is 15.2 Å².